The molecular weight excluding hydrogens is 175 g/mol. The van der Waals surface area contributed by atoms with Crippen LogP contribution in [0.1, 0.15) is 6.92 Å². The first-order chi connectivity index (χ1) is 4.76. The van der Waals surface area contributed by atoms with E-state index >= 15 is 0 Å². The Labute approximate surface area is 69.8 Å². The summed E-state index contributed by atoms with van der Waals surface area (Å²) in [6.45, 7) is 2.06. The maximum absolute atomic E-state index is 10.7. The molecule has 0 fully saturated rings. The Morgan fingerprint density at radius 1 is 1.70 bits per heavy atom. The van der Waals surface area contributed by atoms with Crippen LogP contribution in [0.3, 0.4) is 0 Å². The molecule has 0 aliphatic rings. The van der Waals surface area contributed by atoms with Gasteiger partial charge in [-0.1, -0.05) is 11.6 Å². The molecule has 0 saturated heterocycles. The number of carbonyl (C=O) groups is 1. The highest BCUT2D eigenvalue weighted by atomic mass is 35.5. The van der Waals surface area contributed by atoms with Gasteiger partial charge in [0.2, 0.25) is 0 Å². The van der Waals surface area contributed by atoms with Gasteiger partial charge in [-0.15, -0.1) is 11.6 Å². The van der Waals surface area contributed by atoms with Crippen molar-refractivity contribution in [2.45, 2.75) is 6.92 Å². The Hall–Kier alpha value is -0.210. The number of halogens is 2. The molecule has 0 atom stereocenters. The number of alkyl halides is 1. The van der Waals surface area contributed by atoms with Gasteiger partial charge in [0, 0.05) is 5.54 Å². The summed E-state index contributed by atoms with van der Waals surface area (Å²) >= 11 is 10.6. The van der Waals surface area contributed by atoms with E-state index in [2.05, 4.69) is 4.74 Å². The molecule has 0 saturated carbocycles. The van der Waals surface area contributed by atoms with Crippen LogP contribution < -0.4 is 0 Å². The molecule has 0 rings (SSSR count). The lowest BCUT2D eigenvalue weighted by molar-refractivity contribution is -0.138. The van der Waals surface area contributed by atoms with Gasteiger partial charge in [0.15, 0.2) is 0 Å². The second-order valence-corrected chi connectivity index (χ2v) is 1.97. The molecule has 0 spiro atoms. The second-order valence-electron chi connectivity index (χ2n) is 1.49. The van der Waals surface area contributed by atoms with Crippen molar-refractivity contribution in [3.63, 3.8) is 0 Å². The molecule has 0 amide bonds. The minimum Gasteiger partial charge on any atom is -0.463 e. The summed E-state index contributed by atoms with van der Waals surface area (Å²) in [6, 6.07) is 0. The van der Waals surface area contributed by atoms with Gasteiger partial charge in [0.25, 0.3) is 0 Å². The van der Waals surface area contributed by atoms with Crippen molar-refractivity contribution in [3.8, 4) is 0 Å². The van der Waals surface area contributed by atoms with Crippen LogP contribution in [0, 0.1) is 0 Å². The lowest BCUT2D eigenvalue weighted by Crippen LogP contribution is -2.07. The van der Waals surface area contributed by atoms with E-state index in [0.29, 0.717) is 6.61 Å². The van der Waals surface area contributed by atoms with Crippen molar-refractivity contribution >= 4 is 29.2 Å². The first-order valence-electron chi connectivity index (χ1n) is 2.78. The predicted molar refractivity (Wildman–Crippen MR) is 41.3 cm³/mol. The molecule has 0 bridgehead atoms. The lowest BCUT2D eigenvalue weighted by Gasteiger charge is -2.00. The molecule has 0 unspecified atom stereocenters. The standard InChI is InChI=1S/C6H8Cl2O2/c1-2-10-6(9)5(3-7)4-8/h3H,2,4H2,1H3. The fraction of sp³-hybridized carbons (Fsp3) is 0.500. The van der Waals surface area contributed by atoms with Gasteiger partial charge < -0.3 is 4.74 Å². The van der Waals surface area contributed by atoms with Crippen LogP contribution in [-0.4, -0.2) is 18.5 Å². The summed E-state index contributed by atoms with van der Waals surface area (Å²) < 4.78 is 4.61. The van der Waals surface area contributed by atoms with E-state index in [1.165, 1.54) is 0 Å². The van der Waals surface area contributed by atoms with Crippen molar-refractivity contribution < 1.29 is 9.53 Å². The first-order valence-corrected chi connectivity index (χ1v) is 3.75. The van der Waals surface area contributed by atoms with Gasteiger partial charge in [0.05, 0.1) is 18.1 Å². The van der Waals surface area contributed by atoms with Crippen molar-refractivity contribution in [1.82, 2.24) is 0 Å². The number of esters is 1. The van der Waals surface area contributed by atoms with Crippen molar-refractivity contribution in [2.75, 3.05) is 12.5 Å². The highest BCUT2D eigenvalue weighted by molar-refractivity contribution is 6.30. The van der Waals surface area contributed by atoms with Gasteiger partial charge in [-0.05, 0) is 6.92 Å². The molecule has 0 aliphatic carbocycles. The van der Waals surface area contributed by atoms with E-state index in [1.54, 1.807) is 6.92 Å². The van der Waals surface area contributed by atoms with Crippen molar-refractivity contribution in [2.24, 2.45) is 0 Å². The third-order valence-corrected chi connectivity index (χ3v) is 1.36. The maximum Gasteiger partial charge on any atom is 0.336 e. The van der Waals surface area contributed by atoms with E-state index in [0.717, 1.165) is 5.54 Å². The van der Waals surface area contributed by atoms with E-state index in [-0.39, 0.29) is 11.5 Å². The number of hydrogen-bond acceptors (Lipinski definition) is 2. The molecule has 0 aromatic heterocycles. The van der Waals surface area contributed by atoms with Crippen LogP contribution in [0.4, 0.5) is 0 Å². The third-order valence-electron chi connectivity index (χ3n) is 0.813. The highest BCUT2D eigenvalue weighted by Gasteiger charge is 2.06. The van der Waals surface area contributed by atoms with Crippen LogP contribution >= 0.6 is 23.2 Å². The van der Waals surface area contributed by atoms with Crippen LogP contribution in [0.5, 0.6) is 0 Å². The average Bonchev–Trinajstić information content (AvgIpc) is 1.91. The summed E-state index contributed by atoms with van der Waals surface area (Å²) in [6.07, 6.45) is 0. The van der Waals surface area contributed by atoms with Crippen LogP contribution in [0.2, 0.25) is 0 Å². The highest BCUT2D eigenvalue weighted by Crippen LogP contribution is 2.02. The molecule has 0 radical (unpaired) electrons. The minimum absolute atomic E-state index is 0.0856. The van der Waals surface area contributed by atoms with Crippen LogP contribution in [0.25, 0.3) is 0 Å². The summed E-state index contributed by atoms with van der Waals surface area (Å²) in [5.74, 6) is -0.366. The van der Waals surface area contributed by atoms with Crippen molar-refractivity contribution in [3.05, 3.63) is 11.1 Å². The largest absolute Gasteiger partial charge is 0.463 e. The molecule has 4 heteroatoms. The molecule has 0 aliphatic heterocycles. The van der Waals surface area contributed by atoms with E-state index in [1.807, 2.05) is 0 Å². The molecule has 0 aromatic carbocycles. The zero-order chi connectivity index (χ0) is 7.98. The molecule has 0 aromatic rings. The molecule has 2 nitrogen and oxygen atoms in total. The van der Waals surface area contributed by atoms with Gasteiger partial charge in [-0.2, -0.15) is 0 Å². The summed E-state index contributed by atoms with van der Waals surface area (Å²) in [4.78, 5) is 10.7. The zero-order valence-electron chi connectivity index (χ0n) is 5.56. The Balaban J connectivity index is 3.91. The normalized spacial score (nSPS) is 11.3. The van der Waals surface area contributed by atoms with Gasteiger partial charge in [0.1, 0.15) is 0 Å². The van der Waals surface area contributed by atoms with E-state index in [4.69, 9.17) is 23.2 Å². The van der Waals surface area contributed by atoms with Crippen LogP contribution in [0.15, 0.2) is 11.1 Å². The Morgan fingerprint density at radius 3 is 2.60 bits per heavy atom. The number of carbonyl (C=O) groups excluding carboxylic acids is 1. The lowest BCUT2D eigenvalue weighted by atomic mass is 10.4. The minimum atomic E-state index is -0.451. The first kappa shape index (κ1) is 9.79. The summed E-state index contributed by atoms with van der Waals surface area (Å²) in [5.41, 5.74) is 1.41. The zero-order valence-corrected chi connectivity index (χ0v) is 7.08. The molecule has 10 heavy (non-hydrogen) atoms. The van der Waals surface area contributed by atoms with Gasteiger partial charge >= 0.3 is 5.97 Å². The Kier molecular flexibility index (Phi) is 5.45. The summed E-state index contributed by atoms with van der Waals surface area (Å²) in [7, 11) is 0. The Bertz CT molecular complexity index is 143. The monoisotopic (exact) mass is 182 g/mol. The average molecular weight is 183 g/mol. The number of hydrogen-bond donors (Lipinski definition) is 0. The second kappa shape index (κ2) is 5.57. The molecule has 58 valence electrons. The number of ether oxygens (including phenoxy) is 1. The van der Waals surface area contributed by atoms with Crippen molar-refractivity contribution in [1.29, 1.82) is 0 Å². The van der Waals surface area contributed by atoms with E-state index < -0.39 is 5.97 Å². The third kappa shape index (κ3) is 3.08. The summed E-state index contributed by atoms with van der Waals surface area (Å²) in [5, 5.41) is 0. The van der Waals surface area contributed by atoms with E-state index in [9.17, 15) is 4.79 Å². The predicted octanol–water partition coefficient (Wildman–Crippen LogP) is 1.91. The number of rotatable bonds is 3. The molecule has 0 heterocycles. The molecular formula is C6H8Cl2O2. The van der Waals surface area contributed by atoms with Crippen LogP contribution in [-0.2, 0) is 9.53 Å². The fourth-order valence-electron chi connectivity index (χ4n) is 0.352. The Morgan fingerprint density at radius 2 is 2.30 bits per heavy atom. The SMILES string of the molecule is CCOC(=O)C(=CCl)CCl. The smallest absolute Gasteiger partial charge is 0.336 e. The molecule has 0 N–H and O–H groups in total. The van der Waals surface area contributed by atoms with Gasteiger partial charge in [-0.25, -0.2) is 4.79 Å². The maximum atomic E-state index is 10.7. The van der Waals surface area contributed by atoms with Gasteiger partial charge in [-0.3, -0.25) is 0 Å². The quantitative estimate of drug-likeness (QED) is 0.379. The topological polar surface area (TPSA) is 26.3 Å². The fourth-order valence-corrected chi connectivity index (χ4v) is 0.784.